The molecule has 0 bridgehead atoms. The third kappa shape index (κ3) is 1.17. The van der Waals surface area contributed by atoms with Crippen LogP contribution in [0.1, 0.15) is 17.5 Å². The SMILES string of the molecule is Cc1ncoc1C(N)CO. The molecule has 0 aliphatic heterocycles. The summed E-state index contributed by atoms with van der Waals surface area (Å²) in [5, 5.41) is 8.62. The molecule has 0 aliphatic rings. The number of aliphatic hydroxyl groups excluding tert-OH is 1. The van der Waals surface area contributed by atoms with Crippen molar-refractivity contribution in [2.75, 3.05) is 6.61 Å². The Labute approximate surface area is 58.7 Å². The van der Waals surface area contributed by atoms with Gasteiger partial charge in [0.2, 0.25) is 0 Å². The van der Waals surface area contributed by atoms with Gasteiger partial charge in [-0.25, -0.2) is 4.98 Å². The molecule has 4 nitrogen and oxygen atoms in total. The number of nitrogens with two attached hydrogens (primary N) is 1. The molecule has 0 saturated heterocycles. The van der Waals surface area contributed by atoms with E-state index in [2.05, 4.69) is 4.98 Å². The van der Waals surface area contributed by atoms with Gasteiger partial charge in [0.05, 0.1) is 18.3 Å². The van der Waals surface area contributed by atoms with E-state index in [-0.39, 0.29) is 6.61 Å². The van der Waals surface area contributed by atoms with Crippen molar-refractivity contribution < 1.29 is 9.52 Å². The van der Waals surface area contributed by atoms with Crippen LogP contribution in [0, 0.1) is 6.92 Å². The first kappa shape index (κ1) is 7.24. The highest BCUT2D eigenvalue weighted by molar-refractivity contribution is 5.08. The normalized spacial score (nSPS) is 13.5. The van der Waals surface area contributed by atoms with Crippen LogP contribution in [0.25, 0.3) is 0 Å². The third-order valence-corrected chi connectivity index (χ3v) is 1.32. The van der Waals surface area contributed by atoms with Gasteiger partial charge in [-0.2, -0.15) is 0 Å². The van der Waals surface area contributed by atoms with Gasteiger partial charge >= 0.3 is 0 Å². The minimum Gasteiger partial charge on any atom is -0.446 e. The van der Waals surface area contributed by atoms with Crippen molar-refractivity contribution >= 4 is 0 Å². The van der Waals surface area contributed by atoms with Crippen LogP contribution < -0.4 is 5.73 Å². The maximum Gasteiger partial charge on any atom is 0.181 e. The standard InChI is InChI=1S/C6H10N2O2/c1-4-6(5(7)2-9)10-3-8-4/h3,5,9H,2,7H2,1H3. The second-order valence-electron chi connectivity index (χ2n) is 2.09. The smallest absolute Gasteiger partial charge is 0.181 e. The lowest BCUT2D eigenvalue weighted by molar-refractivity contribution is 0.251. The van der Waals surface area contributed by atoms with Crippen LogP contribution in [0.15, 0.2) is 10.8 Å². The van der Waals surface area contributed by atoms with E-state index in [9.17, 15) is 0 Å². The van der Waals surface area contributed by atoms with Crippen molar-refractivity contribution in [1.82, 2.24) is 4.98 Å². The van der Waals surface area contributed by atoms with E-state index in [0.29, 0.717) is 5.76 Å². The Morgan fingerprint density at radius 1 is 1.90 bits per heavy atom. The lowest BCUT2D eigenvalue weighted by Gasteiger charge is -2.02. The number of hydrogen-bond acceptors (Lipinski definition) is 4. The zero-order chi connectivity index (χ0) is 7.56. The number of rotatable bonds is 2. The molecule has 3 N–H and O–H groups in total. The summed E-state index contributed by atoms with van der Waals surface area (Å²) in [5.74, 6) is 0.558. The van der Waals surface area contributed by atoms with Gasteiger partial charge in [0.1, 0.15) is 5.76 Å². The first-order valence-corrected chi connectivity index (χ1v) is 3.02. The lowest BCUT2D eigenvalue weighted by Crippen LogP contribution is -2.14. The minimum absolute atomic E-state index is 0.115. The van der Waals surface area contributed by atoms with Gasteiger partial charge in [-0.1, -0.05) is 0 Å². The molecule has 1 heterocycles. The molecular weight excluding hydrogens is 132 g/mol. The molecule has 10 heavy (non-hydrogen) atoms. The fourth-order valence-corrected chi connectivity index (χ4v) is 0.750. The zero-order valence-electron chi connectivity index (χ0n) is 5.74. The predicted molar refractivity (Wildman–Crippen MR) is 35.3 cm³/mol. The Kier molecular flexibility index (Phi) is 2.03. The van der Waals surface area contributed by atoms with Gasteiger partial charge in [0.25, 0.3) is 0 Å². The van der Waals surface area contributed by atoms with E-state index in [0.717, 1.165) is 5.69 Å². The molecule has 0 radical (unpaired) electrons. The Bertz CT molecular complexity index is 209. The van der Waals surface area contributed by atoms with Crippen LogP contribution in [-0.2, 0) is 0 Å². The van der Waals surface area contributed by atoms with E-state index in [1.54, 1.807) is 6.92 Å². The van der Waals surface area contributed by atoms with Gasteiger partial charge in [0, 0.05) is 0 Å². The number of aryl methyl sites for hydroxylation is 1. The summed E-state index contributed by atoms with van der Waals surface area (Å²) in [7, 11) is 0. The maximum atomic E-state index is 8.62. The monoisotopic (exact) mass is 142 g/mol. The quantitative estimate of drug-likeness (QED) is 0.608. The first-order valence-electron chi connectivity index (χ1n) is 3.02. The van der Waals surface area contributed by atoms with Crippen LogP contribution in [0.2, 0.25) is 0 Å². The molecule has 4 heteroatoms. The van der Waals surface area contributed by atoms with E-state index in [1.165, 1.54) is 6.39 Å². The molecule has 0 amide bonds. The number of hydrogen-bond donors (Lipinski definition) is 2. The molecule has 1 rings (SSSR count). The summed E-state index contributed by atoms with van der Waals surface area (Å²) in [4.78, 5) is 3.83. The van der Waals surface area contributed by atoms with Crippen LogP contribution in [0.3, 0.4) is 0 Å². The molecule has 1 atom stereocenters. The first-order chi connectivity index (χ1) is 4.75. The average molecular weight is 142 g/mol. The molecule has 0 aliphatic carbocycles. The third-order valence-electron chi connectivity index (χ3n) is 1.32. The van der Waals surface area contributed by atoms with Gasteiger partial charge < -0.3 is 15.3 Å². The fraction of sp³-hybridized carbons (Fsp3) is 0.500. The molecular formula is C6H10N2O2. The highest BCUT2D eigenvalue weighted by Gasteiger charge is 2.11. The summed E-state index contributed by atoms with van der Waals surface area (Å²) in [6, 6.07) is -0.442. The Morgan fingerprint density at radius 3 is 3.00 bits per heavy atom. The van der Waals surface area contributed by atoms with Gasteiger partial charge in [-0.15, -0.1) is 0 Å². The maximum absolute atomic E-state index is 8.62. The molecule has 1 aromatic rings. The molecule has 0 spiro atoms. The minimum atomic E-state index is -0.442. The van der Waals surface area contributed by atoms with E-state index >= 15 is 0 Å². The van der Waals surface area contributed by atoms with Crippen LogP contribution >= 0.6 is 0 Å². The lowest BCUT2D eigenvalue weighted by atomic mass is 10.2. The van der Waals surface area contributed by atoms with Gasteiger partial charge in [0.15, 0.2) is 6.39 Å². The zero-order valence-corrected chi connectivity index (χ0v) is 5.74. The highest BCUT2D eigenvalue weighted by atomic mass is 16.3. The van der Waals surface area contributed by atoms with Crippen molar-refractivity contribution in [3.63, 3.8) is 0 Å². The summed E-state index contributed by atoms with van der Waals surface area (Å²) in [5.41, 5.74) is 6.19. The second-order valence-corrected chi connectivity index (χ2v) is 2.09. The molecule has 0 aromatic carbocycles. The average Bonchev–Trinajstić information content (AvgIpc) is 2.34. The number of aliphatic hydroxyl groups is 1. The fourth-order valence-electron chi connectivity index (χ4n) is 0.750. The molecule has 0 fully saturated rings. The van der Waals surface area contributed by atoms with Crippen LogP contribution in [0.5, 0.6) is 0 Å². The number of nitrogens with zero attached hydrogens (tertiary/aromatic N) is 1. The largest absolute Gasteiger partial charge is 0.446 e. The highest BCUT2D eigenvalue weighted by Crippen LogP contribution is 2.12. The summed E-state index contributed by atoms with van der Waals surface area (Å²) >= 11 is 0. The molecule has 0 saturated carbocycles. The van der Waals surface area contributed by atoms with E-state index in [1.807, 2.05) is 0 Å². The van der Waals surface area contributed by atoms with E-state index in [4.69, 9.17) is 15.3 Å². The van der Waals surface area contributed by atoms with Crippen molar-refractivity contribution in [2.24, 2.45) is 5.73 Å². The summed E-state index contributed by atoms with van der Waals surface area (Å²) in [6.07, 6.45) is 1.32. The molecule has 1 aromatic heterocycles. The van der Waals surface area contributed by atoms with Crippen LogP contribution in [-0.4, -0.2) is 16.7 Å². The number of oxazole rings is 1. The predicted octanol–water partition coefficient (Wildman–Crippen LogP) is -0.0249. The van der Waals surface area contributed by atoms with Crippen LogP contribution in [0.4, 0.5) is 0 Å². The Hall–Kier alpha value is -0.870. The Morgan fingerprint density at radius 2 is 2.60 bits per heavy atom. The van der Waals surface area contributed by atoms with Crippen molar-refractivity contribution in [1.29, 1.82) is 0 Å². The van der Waals surface area contributed by atoms with E-state index < -0.39 is 6.04 Å². The summed E-state index contributed by atoms with van der Waals surface area (Å²) in [6.45, 7) is 1.67. The topological polar surface area (TPSA) is 72.3 Å². The molecule has 56 valence electrons. The van der Waals surface area contributed by atoms with Crippen molar-refractivity contribution in [2.45, 2.75) is 13.0 Å². The van der Waals surface area contributed by atoms with Crippen molar-refractivity contribution in [3.8, 4) is 0 Å². The molecule has 1 unspecified atom stereocenters. The number of aromatic nitrogens is 1. The van der Waals surface area contributed by atoms with Gasteiger partial charge in [-0.3, -0.25) is 0 Å². The Balaban J connectivity index is 2.82. The van der Waals surface area contributed by atoms with Gasteiger partial charge in [-0.05, 0) is 6.92 Å². The summed E-state index contributed by atoms with van der Waals surface area (Å²) < 4.78 is 4.92. The van der Waals surface area contributed by atoms with Crippen molar-refractivity contribution in [3.05, 3.63) is 17.8 Å². The second kappa shape index (κ2) is 2.81.